The number of fused-ring (bicyclic) bond motifs is 1. The van der Waals surface area contributed by atoms with Crippen LogP contribution in [0.25, 0.3) is 16.6 Å². The van der Waals surface area contributed by atoms with Crippen molar-refractivity contribution in [3.63, 3.8) is 0 Å². The quantitative estimate of drug-likeness (QED) is 0.0213. The van der Waals surface area contributed by atoms with E-state index >= 15 is 4.39 Å². The number of allylic oxidation sites excluding steroid dienone is 2. The van der Waals surface area contributed by atoms with Crippen LogP contribution in [0.2, 0.25) is 0 Å². The molecule has 0 spiro atoms. The Morgan fingerprint density at radius 2 is 1.73 bits per heavy atom. The molecular formula is C41H65FN7O6P. The summed E-state index contributed by atoms with van der Waals surface area (Å²) in [5.41, 5.74) is 6.47. The zero-order valence-electron chi connectivity index (χ0n) is 34.1. The largest absolute Gasteiger partial charge is 0.475 e. The number of phosphoric acid groups is 1. The molecule has 5 N–H and O–H groups in total. The number of ether oxygens (including phenoxy) is 1. The lowest BCUT2D eigenvalue weighted by molar-refractivity contribution is 0.0670. The second-order valence-electron chi connectivity index (χ2n) is 14.6. The lowest BCUT2D eigenvalue weighted by Gasteiger charge is -2.28. The Morgan fingerprint density at radius 1 is 1.11 bits per heavy atom. The molecule has 1 aromatic carbocycles. The first kappa shape index (κ1) is 46.8. The molecule has 2 amide bonds. The number of nitrogens with two attached hydrogens (primary N) is 1. The van der Waals surface area contributed by atoms with Crippen molar-refractivity contribution in [3.05, 3.63) is 41.9 Å². The highest BCUT2D eigenvalue weighted by Gasteiger charge is 2.38. The molecule has 1 aliphatic heterocycles. The van der Waals surface area contributed by atoms with E-state index in [9.17, 15) is 9.36 Å². The van der Waals surface area contributed by atoms with Crippen LogP contribution in [0, 0.1) is 17.1 Å². The van der Waals surface area contributed by atoms with Crippen molar-refractivity contribution in [1.82, 2.24) is 15.3 Å². The fourth-order valence-corrected chi connectivity index (χ4v) is 7.96. The third-order valence-electron chi connectivity index (χ3n) is 9.62. The molecule has 2 aromatic rings. The number of carbonyl (C=O) groups is 1. The van der Waals surface area contributed by atoms with Crippen LogP contribution >= 0.6 is 7.82 Å². The predicted molar refractivity (Wildman–Crippen MR) is 222 cm³/mol. The minimum atomic E-state index is -4.16. The van der Waals surface area contributed by atoms with Crippen molar-refractivity contribution in [1.29, 1.82) is 5.26 Å². The number of carbonyl (C=O) groups excluding carboxylic acids is 1. The second kappa shape index (κ2) is 24.9. The summed E-state index contributed by atoms with van der Waals surface area (Å²) in [7, 11) is -4.16. The summed E-state index contributed by atoms with van der Waals surface area (Å²) in [4.78, 5) is 24.1. The standard InChI is InChI=1S/C41H65FN7O6P/c1-6-9-10-11-12-13-14-15-16-17-18-19-20-21-27-53-56(51,54-28-23-25-43)55-41(4,5)38(44)46-30-31(7-2)32-29-33-37(35(36(32)42)34-24-22-26-52-34)48-39(47-33)49-40(50)45-8-3/h7,29-30,34H,2,6,8-24,26-28H2,1,3-5H3,(H2,44,46)(H3,45,47,48,49,50)/b31-30+/t34-,56?/m1/s1. The summed E-state index contributed by atoms with van der Waals surface area (Å²) in [6.07, 6.45) is 20.5. The van der Waals surface area contributed by atoms with Crippen molar-refractivity contribution >= 4 is 42.2 Å². The van der Waals surface area contributed by atoms with Gasteiger partial charge in [0.15, 0.2) is 0 Å². The van der Waals surface area contributed by atoms with Gasteiger partial charge in [-0.2, -0.15) is 5.26 Å². The maximum Gasteiger partial charge on any atom is 0.475 e. The molecule has 2 heterocycles. The van der Waals surface area contributed by atoms with E-state index in [-0.39, 0.29) is 48.1 Å². The molecule has 1 aliphatic rings. The van der Waals surface area contributed by atoms with Crippen molar-refractivity contribution < 1.29 is 32.1 Å². The van der Waals surface area contributed by atoms with Gasteiger partial charge in [0.25, 0.3) is 0 Å². The first-order valence-electron chi connectivity index (χ1n) is 20.5. The van der Waals surface area contributed by atoms with E-state index in [0.29, 0.717) is 37.0 Å². The molecule has 0 aliphatic carbocycles. The van der Waals surface area contributed by atoms with Crippen molar-refractivity contribution in [3.8, 4) is 6.07 Å². The number of benzene rings is 1. The lowest BCUT2D eigenvalue weighted by Crippen LogP contribution is -2.40. The van der Waals surface area contributed by atoms with E-state index in [4.69, 9.17) is 29.3 Å². The van der Waals surface area contributed by atoms with Crippen LogP contribution in [0.1, 0.15) is 154 Å². The predicted octanol–water partition coefficient (Wildman–Crippen LogP) is 10.9. The Hall–Kier alpha value is -3.60. The maximum atomic E-state index is 16.4. The molecule has 3 rings (SSSR count). The summed E-state index contributed by atoms with van der Waals surface area (Å²) in [6, 6.07) is 3.05. The van der Waals surface area contributed by atoms with Gasteiger partial charge in [-0.3, -0.25) is 18.9 Å². The molecule has 1 saturated heterocycles. The van der Waals surface area contributed by atoms with Gasteiger partial charge in [0.05, 0.1) is 42.8 Å². The summed E-state index contributed by atoms with van der Waals surface area (Å²) in [5, 5.41) is 14.3. The van der Waals surface area contributed by atoms with Crippen LogP contribution in [0.5, 0.6) is 0 Å². The Kier molecular flexibility index (Phi) is 20.8. The molecule has 1 unspecified atom stereocenters. The van der Waals surface area contributed by atoms with E-state index in [1.165, 1.54) is 82.6 Å². The van der Waals surface area contributed by atoms with Crippen LogP contribution in [0.15, 0.2) is 29.9 Å². The highest BCUT2D eigenvalue weighted by atomic mass is 31.2. The SMILES string of the molecule is C=C/C(=C\N=C(/N)C(C)(C)OP(=O)(OCCC#N)OCCCCCCCCCCCCCCCC)c1cc2nc(NC(=O)NCC)[nH]c2c([C@H]2CCCO2)c1F. The highest BCUT2D eigenvalue weighted by Crippen LogP contribution is 2.53. The summed E-state index contributed by atoms with van der Waals surface area (Å²) in [5.74, 6) is -0.490. The molecule has 0 bridgehead atoms. The number of urea groups is 1. The van der Waals surface area contributed by atoms with Gasteiger partial charge in [0.1, 0.15) is 17.3 Å². The molecule has 56 heavy (non-hydrogen) atoms. The molecular weight excluding hydrogens is 736 g/mol. The molecule has 312 valence electrons. The first-order chi connectivity index (χ1) is 27.0. The van der Waals surface area contributed by atoms with Gasteiger partial charge in [-0.05, 0) is 46.1 Å². The third-order valence-corrected chi connectivity index (χ3v) is 11.3. The number of anilines is 1. The van der Waals surface area contributed by atoms with Crippen molar-refractivity contribution in [2.75, 3.05) is 31.7 Å². The van der Waals surface area contributed by atoms with Crippen LogP contribution in [0.3, 0.4) is 0 Å². The monoisotopic (exact) mass is 801 g/mol. The van der Waals surface area contributed by atoms with Gasteiger partial charge in [0.2, 0.25) is 5.95 Å². The summed E-state index contributed by atoms with van der Waals surface area (Å²) in [6.45, 7) is 12.0. The minimum absolute atomic E-state index is 0.00567. The maximum absolute atomic E-state index is 16.4. The van der Waals surface area contributed by atoms with E-state index in [1.54, 1.807) is 20.8 Å². The molecule has 0 saturated carbocycles. The Morgan fingerprint density at radius 3 is 2.30 bits per heavy atom. The number of imidazole rings is 1. The smallest absolute Gasteiger partial charge is 0.385 e. The summed E-state index contributed by atoms with van der Waals surface area (Å²) < 4.78 is 53.2. The molecule has 13 nitrogen and oxygen atoms in total. The third kappa shape index (κ3) is 15.4. The Balaban J connectivity index is 1.65. The molecule has 1 fully saturated rings. The summed E-state index contributed by atoms with van der Waals surface area (Å²) >= 11 is 0. The Bertz CT molecular complexity index is 1680. The average Bonchev–Trinajstić information content (AvgIpc) is 3.83. The van der Waals surface area contributed by atoms with Gasteiger partial charge >= 0.3 is 13.9 Å². The number of nitrogens with one attached hydrogen (secondary N) is 3. The zero-order chi connectivity index (χ0) is 40.8. The van der Waals surface area contributed by atoms with Crippen LogP contribution in [0.4, 0.5) is 15.1 Å². The molecule has 2 atom stereocenters. The van der Waals surface area contributed by atoms with Gasteiger partial charge in [-0.15, -0.1) is 0 Å². The van der Waals surface area contributed by atoms with E-state index in [1.807, 2.05) is 6.07 Å². The number of unbranched alkanes of at least 4 members (excludes halogenated alkanes) is 13. The van der Waals surface area contributed by atoms with Crippen LogP contribution in [-0.4, -0.2) is 53.8 Å². The normalized spacial score (nSPS) is 16.2. The average molecular weight is 802 g/mol. The number of hydrogen-bond donors (Lipinski definition) is 4. The number of aliphatic imine (C=N–C) groups is 1. The van der Waals surface area contributed by atoms with Gasteiger partial charge in [-0.1, -0.05) is 103 Å². The number of aromatic nitrogens is 2. The zero-order valence-corrected chi connectivity index (χ0v) is 35.0. The second-order valence-corrected chi connectivity index (χ2v) is 16.2. The van der Waals surface area contributed by atoms with Crippen molar-refractivity contribution in [2.24, 2.45) is 10.7 Å². The van der Waals surface area contributed by atoms with E-state index in [2.05, 4.69) is 39.1 Å². The number of rotatable bonds is 28. The highest BCUT2D eigenvalue weighted by molar-refractivity contribution is 7.48. The van der Waals surface area contributed by atoms with Gasteiger partial charge in [-0.25, -0.2) is 23.7 Å². The van der Waals surface area contributed by atoms with Crippen molar-refractivity contribution in [2.45, 2.75) is 149 Å². The molecule has 1 aromatic heterocycles. The number of phosphoric ester groups is 1. The molecule has 15 heteroatoms. The first-order valence-corrected chi connectivity index (χ1v) is 22.0. The number of nitriles is 1. The number of halogens is 1. The lowest BCUT2D eigenvalue weighted by atomic mass is 9.97. The number of H-pyrrole nitrogens is 1. The van der Waals surface area contributed by atoms with Crippen LogP contribution in [-0.2, 0) is 22.9 Å². The Labute approximate surface area is 333 Å². The number of hydrogen-bond acceptors (Lipinski definition) is 9. The fraction of sp³-hybridized carbons (Fsp3) is 0.659. The van der Waals surface area contributed by atoms with E-state index < -0.39 is 31.4 Å². The van der Waals surface area contributed by atoms with Crippen LogP contribution < -0.4 is 16.4 Å². The number of amidine groups is 1. The van der Waals surface area contributed by atoms with Gasteiger partial charge in [0, 0.05) is 36.1 Å². The van der Waals surface area contributed by atoms with Gasteiger partial charge < -0.3 is 20.8 Å². The molecule has 0 radical (unpaired) electrons. The number of nitrogens with zero attached hydrogens (tertiary/aromatic N) is 3. The fourth-order valence-electron chi connectivity index (χ4n) is 6.46. The topological polar surface area (TPSA) is 186 Å². The van der Waals surface area contributed by atoms with E-state index in [0.717, 1.165) is 25.7 Å². The number of amides is 2. The minimum Gasteiger partial charge on any atom is -0.385 e. The number of aromatic amines is 1.